The molecule has 6 saturated heterocycles. The smallest absolute Gasteiger partial charge is 0.469 e. The van der Waals surface area contributed by atoms with Crippen LogP contribution in [0.15, 0.2) is 24.3 Å². The van der Waals surface area contributed by atoms with Gasteiger partial charge in [-0.25, -0.2) is 14.4 Å². The summed E-state index contributed by atoms with van der Waals surface area (Å²) in [4.78, 5) is 58.2. The van der Waals surface area contributed by atoms with Crippen molar-refractivity contribution in [1.29, 1.82) is 0 Å². The first kappa shape index (κ1) is 43.7. The Kier molecular flexibility index (Phi) is 15.0. The molecule has 1 aliphatic carbocycles. The molecule has 0 bridgehead atoms. The molecule has 6 aliphatic heterocycles. The highest BCUT2D eigenvalue weighted by atomic mass is 16.7. The van der Waals surface area contributed by atoms with E-state index in [-0.39, 0.29) is 78.7 Å². The molecule has 17 nitrogen and oxygen atoms in total. The number of benzene rings is 1. The minimum Gasteiger partial charge on any atom is -0.469 e. The van der Waals surface area contributed by atoms with Crippen LogP contribution in [0.1, 0.15) is 67.2 Å². The van der Waals surface area contributed by atoms with Gasteiger partial charge < -0.3 is 56.8 Å². The van der Waals surface area contributed by atoms with E-state index in [0.717, 1.165) is 0 Å². The number of fused-ring (bicyclic) bond motifs is 3. The summed E-state index contributed by atoms with van der Waals surface area (Å²) in [6.07, 6.45) is 0.734. The number of methoxy groups -OCH3 is 3. The number of carbonyl (C=O) groups is 5. The first-order valence-corrected chi connectivity index (χ1v) is 20.0. The van der Waals surface area contributed by atoms with E-state index in [1.54, 1.807) is 12.1 Å². The molecule has 0 aromatic heterocycles. The van der Waals surface area contributed by atoms with Gasteiger partial charge in [-0.3, -0.25) is 9.59 Å². The largest absolute Gasteiger partial charge is 0.508 e. The van der Waals surface area contributed by atoms with E-state index in [1.807, 2.05) is 0 Å². The molecule has 7 fully saturated rings. The Morgan fingerprint density at radius 1 is 0.448 bits per heavy atom. The van der Waals surface area contributed by atoms with Crippen LogP contribution in [0, 0.1) is 29.6 Å². The Hall–Kier alpha value is -3.87. The first-order valence-electron chi connectivity index (χ1n) is 20.0. The van der Waals surface area contributed by atoms with Gasteiger partial charge in [-0.1, -0.05) is 20.8 Å². The summed E-state index contributed by atoms with van der Waals surface area (Å²) >= 11 is 0. The third-order valence-corrected chi connectivity index (χ3v) is 11.8. The molecule has 0 spiro atoms. The zero-order valence-corrected chi connectivity index (χ0v) is 33.9. The lowest BCUT2D eigenvalue weighted by atomic mass is 9.82. The molecule has 0 N–H and O–H groups in total. The number of rotatable bonds is 7. The first-order chi connectivity index (χ1) is 27.9. The zero-order chi connectivity index (χ0) is 41.5. The monoisotopic (exact) mass is 820 g/mol. The van der Waals surface area contributed by atoms with Crippen molar-refractivity contribution >= 4 is 30.0 Å². The summed E-state index contributed by atoms with van der Waals surface area (Å²) < 4.78 is 63.6. The predicted octanol–water partition coefficient (Wildman–Crippen LogP) is 3.32. The van der Waals surface area contributed by atoms with Crippen LogP contribution in [-0.2, 0) is 66.4 Å². The van der Waals surface area contributed by atoms with Crippen LogP contribution in [0.4, 0.5) is 4.79 Å². The Balaban J connectivity index is 0.000000151. The summed E-state index contributed by atoms with van der Waals surface area (Å²) in [6, 6.07) is 6.15. The SMILES string of the molecule is COC(=O)C1CCC(C(=O)OC2COC3C(C)COC23)CC1.COC(=O)OC1COC2C(C)COC12.COC(=O)c1ccc(C(=O)OC2COC3C(C)COC23)cc1. The number of esters is 4. The molecule has 8 rings (SSSR count). The minimum absolute atomic E-state index is 0.000463. The van der Waals surface area contributed by atoms with Crippen molar-refractivity contribution in [2.45, 2.75) is 101 Å². The second-order valence-corrected chi connectivity index (χ2v) is 15.9. The molecule has 58 heavy (non-hydrogen) atoms. The summed E-state index contributed by atoms with van der Waals surface area (Å²) in [6.45, 7) is 9.32. The van der Waals surface area contributed by atoms with Gasteiger partial charge in [-0.05, 0) is 49.9 Å². The van der Waals surface area contributed by atoms with Crippen molar-refractivity contribution in [3.05, 3.63) is 35.4 Å². The molecule has 6 heterocycles. The molecule has 7 aliphatic rings. The van der Waals surface area contributed by atoms with Gasteiger partial charge in [-0.15, -0.1) is 0 Å². The molecule has 322 valence electrons. The lowest BCUT2D eigenvalue weighted by molar-refractivity contribution is -0.161. The van der Waals surface area contributed by atoms with E-state index in [2.05, 4.69) is 30.2 Å². The van der Waals surface area contributed by atoms with Crippen LogP contribution in [0.3, 0.4) is 0 Å². The number of carbonyl (C=O) groups excluding carboxylic acids is 5. The second kappa shape index (κ2) is 19.9. The number of ether oxygens (including phenoxy) is 12. The van der Waals surface area contributed by atoms with Crippen LogP contribution >= 0.6 is 0 Å². The summed E-state index contributed by atoms with van der Waals surface area (Å²) in [5.41, 5.74) is 0.762. The number of hydrogen-bond acceptors (Lipinski definition) is 17. The highest BCUT2D eigenvalue weighted by Gasteiger charge is 2.50. The van der Waals surface area contributed by atoms with Crippen molar-refractivity contribution in [3.8, 4) is 0 Å². The van der Waals surface area contributed by atoms with E-state index < -0.39 is 18.1 Å². The van der Waals surface area contributed by atoms with Crippen LogP contribution in [0.5, 0.6) is 0 Å². The highest BCUT2D eigenvalue weighted by Crippen LogP contribution is 2.36. The topological polar surface area (TPSA) is 196 Å². The van der Waals surface area contributed by atoms with Crippen LogP contribution in [-0.4, -0.2) is 146 Å². The maximum atomic E-state index is 12.3. The van der Waals surface area contributed by atoms with E-state index in [4.69, 9.17) is 47.4 Å². The van der Waals surface area contributed by atoms with Gasteiger partial charge in [0.25, 0.3) is 0 Å². The standard InChI is InChI=1S/C16H24O6.C16H18O6.C9H14O5/c2*1-9-7-20-14-12(8-21-13(9)14)22-16(18)11-5-3-10(4-6-11)15(17)19-2;1-5-3-12-8-6(4-13-7(5)8)14-9(10)11-2/h9-14H,3-8H2,1-2H3;3-6,9,12-14H,7-8H2,1-2H3;5-8H,3-4H2,1-2H3. The Labute approximate surface area is 337 Å². The predicted molar refractivity (Wildman–Crippen MR) is 198 cm³/mol. The lowest BCUT2D eigenvalue weighted by Gasteiger charge is -2.27. The summed E-state index contributed by atoms with van der Waals surface area (Å²) in [7, 11) is 4.00. The van der Waals surface area contributed by atoms with E-state index >= 15 is 0 Å². The zero-order valence-electron chi connectivity index (χ0n) is 33.9. The van der Waals surface area contributed by atoms with Crippen molar-refractivity contribution in [2.75, 3.05) is 61.0 Å². The van der Waals surface area contributed by atoms with E-state index in [1.165, 1.54) is 33.5 Å². The molecule has 12 unspecified atom stereocenters. The van der Waals surface area contributed by atoms with Gasteiger partial charge in [0.1, 0.15) is 18.3 Å². The van der Waals surface area contributed by atoms with Gasteiger partial charge in [0.15, 0.2) is 18.3 Å². The molecule has 17 heteroatoms. The van der Waals surface area contributed by atoms with Crippen LogP contribution < -0.4 is 0 Å². The third kappa shape index (κ3) is 10.1. The van der Waals surface area contributed by atoms with Crippen molar-refractivity contribution in [2.24, 2.45) is 29.6 Å². The average Bonchev–Trinajstić information content (AvgIpc) is 4.11. The minimum atomic E-state index is -0.678. The third-order valence-electron chi connectivity index (χ3n) is 11.8. The van der Waals surface area contributed by atoms with Crippen molar-refractivity contribution < 1.29 is 80.8 Å². The second-order valence-electron chi connectivity index (χ2n) is 15.9. The summed E-state index contributed by atoms with van der Waals surface area (Å²) in [5.74, 6) is -0.420. The van der Waals surface area contributed by atoms with Gasteiger partial charge in [0, 0.05) is 17.8 Å². The molecule has 1 saturated carbocycles. The Morgan fingerprint density at radius 2 is 0.828 bits per heavy atom. The fourth-order valence-electron chi connectivity index (χ4n) is 8.48. The fraction of sp³-hybridized carbons (Fsp3) is 0.732. The van der Waals surface area contributed by atoms with E-state index in [0.29, 0.717) is 94.2 Å². The maximum absolute atomic E-state index is 12.3. The average molecular weight is 821 g/mol. The lowest BCUT2D eigenvalue weighted by Crippen LogP contribution is -2.36. The normalized spacial score (nSPS) is 36.7. The van der Waals surface area contributed by atoms with Gasteiger partial charge in [0.05, 0.1) is 102 Å². The molecule has 0 radical (unpaired) electrons. The van der Waals surface area contributed by atoms with Crippen molar-refractivity contribution in [3.63, 3.8) is 0 Å². The molecular weight excluding hydrogens is 764 g/mol. The molecular formula is C41H56O17. The Bertz CT molecular complexity index is 1580. The molecule has 0 amide bonds. The molecule has 12 atom stereocenters. The van der Waals surface area contributed by atoms with Crippen molar-refractivity contribution in [1.82, 2.24) is 0 Å². The van der Waals surface area contributed by atoms with Gasteiger partial charge >= 0.3 is 30.0 Å². The molecule has 1 aromatic carbocycles. The number of hydrogen-bond donors (Lipinski definition) is 0. The fourth-order valence-corrected chi connectivity index (χ4v) is 8.48. The van der Waals surface area contributed by atoms with Gasteiger partial charge in [0.2, 0.25) is 0 Å². The highest BCUT2D eigenvalue weighted by molar-refractivity contribution is 5.93. The van der Waals surface area contributed by atoms with Gasteiger partial charge in [-0.2, -0.15) is 0 Å². The Morgan fingerprint density at radius 3 is 1.24 bits per heavy atom. The van der Waals surface area contributed by atoms with Crippen LogP contribution in [0.25, 0.3) is 0 Å². The van der Waals surface area contributed by atoms with Crippen LogP contribution in [0.2, 0.25) is 0 Å². The maximum Gasteiger partial charge on any atom is 0.508 e. The summed E-state index contributed by atoms with van der Waals surface area (Å²) in [5, 5.41) is 0. The molecule has 1 aromatic rings. The van der Waals surface area contributed by atoms with E-state index in [9.17, 15) is 24.0 Å². The quantitative estimate of drug-likeness (QED) is 0.287.